The SMILES string of the molecule is C=CC(=O)N1CC(C)N(c2nc(=O)n(-c3c(C)ccnc3C(C)C)c3nc(-c4c(C)ccc5cn[nH]c45)c(Cl)cc23)CC1C.C=CC(=O)N1CCN(C2=NC(=C)N(CC(C)(C)C)c3nc(-c4ccccc4F)c(Cl)cc32)C[C@@H]1CO. The molecular formula is C60H66Cl2FN13O4. The molecule has 0 aliphatic carbocycles. The Labute approximate surface area is 474 Å². The van der Waals surface area contributed by atoms with Crippen molar-refractivity contribution in [3.63, 3.8) is 0 Å². The topological polar surface area (TPSA) is 185 Å². The van der Waals surface area contributed by atoms with Crippen molar-refractivity contribution >= 4 is 74.4 Å². The Morgan fingerprint density at radius 2 is 1.59 bits per heavy atom. The van der Waals surface area contributed by atoms with E-state index < -0.39 is 17.5 Å². The van der Waals surface area contributed by atoms with Crippen LogP contribution in [-0.4, -0.2) is 136 Å². The summed E-state index contributed by atoms with van der Waals surface area (Å²) in [5.74, 6) is 1.47. The number of aliphatic hydroxyl groups excluding tert-OH is 1. The maximum Gasteiger partial charge on any atom is 0.355 e. The Morgan fingerprint density at radius 1 is 0.875 bits per heavy atom. The number of aromatic amines is 1. The molecule has 80 heavy (non-hydrogen) atoms. The van der Waals surface area contributed by atoms with Crippen LogP contribution in [0.5, 0.6) is 0 Å². The summed E-state index contributed by atoms with van der Waals surface area (Å²) in [4.78, 5) is 72.7. The number of aliphatic hydroxyl groups is 1. The number of carbonyl (C=O) groups is 2. The molecule has 5 aromatic heterocycles. The lowest BCUT2D eigenvalue weighted by atomic mass is 9.95. The first-order valence-electron chi connectivity index (χ1n) is 26.6. The summed E-state index contributed by atoms with van der Waals surface area (Å²) in [5.41, 5.74) is 6.64. The highest BCUT2D eigenvalue weighted by atomic mass is 35.5. The van der Waals surface area contributed by atoms with Crippen LogP contribution in [0.15, 0.2) is 114 Å². The van der Waals surface area contributed by atoms with Crippen LogP contribution in [0.2, 0.25) is 10.0 Å². The van der Waals surface area contributed by atoms with Crippen molar-refractivity contribution in [1.82, 2.24) is 49.4 Å². The summed E-state index contributed by atoms with van der Waals surface area (Å²) >= 11 is 13.8. The molecule has 2 aromatic carbocycles. The number of anilines is 2. The number of benzene rings is 2. The molecule has 2 amide bonds. The molecule has 0 radical (unpaired) electrons. The number of aliphatic imine (C=N–C) groups is 1. The molecule has 3 atom stereocenters. The highest BCUT2D eigenvalue weighted by Crippen LogP contribution is 2.41. The number of halogens is 3. The lowest BCUT2D eigenvalue weighted by molar-refractivity contribution is -0.131. The first kappa shape index (κ1) is 56.9. The predicted octanol–water partition coefficient (Wildman–Crippen LogP) is 10.0. The predicted molar refractivity (Wildman–Crippen MR) is 316 cm³/mol. The second-order valence-corrected chi connectivity index (χ2v) is 22.9. The number of piperazine rings is 2. The van der Waals surface area contributed by atoms with Gasteiger partial charge in [-0.1, -0.05) is 102 Å². The van der Waals surface area contributed by atoms with E-state index in [1.807, 2.05) is 75.6 Å². The number of hydrogen-bond donors (Lipinski definition) is 2. The summed E-state index contributed by atoms with van der Waals surface area (Å²) in [6.45, 7) is 32.4. The second-order valence-electron chi connectivity index (χ2n) is 22.1. The summed E-state index contributed by atoms with van der Waals surface area (Å²) in [6.07, 6.45) is 6.11. The van der Waals surface area contributed by atoms with E-state index in [1.54, 1.807) is 51.0 Å². The number of rotatable bonds is 9. The fraction of sp³-hybridized carbons (Fsp3) is 0.350. The normalized spacial score (nSPS) is 17.6. The minimum Gasteiger partial charge on any atom is -0.394 e. The third-order valence-electron chi connectivity index (χ3n) is 14.7. The second kappa shape index (κ2) is 22.7. The molecule has 10 rings (SSSR count). The maximum atomic E-state index is 14.7. The first-order chi connectivity index (χ1) is 38.0. The van der Waals surface area contributed by atoms with E-state index in [0.717, 1.165) is 33.3 Å². The number of nitrogens with one attached hydrogen (secondary N) is 1. The summed E-state index contributed by atoms with van der Waals surface area (Å²) in [7, 11) is 0. The van der Waals surface area contributed by atoms with Gasteiger partial charge in [-0.25, -0.2) is 28.7 Å². The zero-order chi connectivity index (χ0) is 57.6. The van der Waals surface area contributed by atoms with E-state index in [4.69, 9.17) is 38.2 Å². The highest BCUT2D eigenvalue weighted by Gasteiger charge is 2.38. The van der Waals surface area contributed by atoms with Gasteiger partial charge in [-0.15, -0.1) is 0 Å². The van der Waals surface area contributed by atoms with Crippen molar-refractivity contribution < 1.29 is 19.1 Å². The molecule has 2 unspecified atom stereocenters. The van der Waals surface area contributed by atoms with Gasteiger partial charge in [-0.3, -0.25) is 19.7 Å². The third-order valence-corrected chi connectivity index (χ3v) is 15.3. The molecule has 8 heterocycles. The number of fused-ring (bicyclic) bond motifs is 3. The van der Waals surface area contributed by atoms with Crippen LogP contribution in [0.3, 0.4) is 0 Å². The number of aromatic nitrogens is 7. The van der Waals surface area contributed by atoms with E-state index >= 15 is 0 Å². The molecule has 3 aliphatic heterocycles. The summed E-state index contributed by atoms with van der Waals surface area (Å²) in [5, 5.41) is 19.6. The minimum atomic E-state index is -0.466. The van der Waals surface area contributed by atoms with Gasteiger partial charge in [-0.2, -0.15) is 10.1 Å². The number of H-pyrrole nitrogens is 1. The van der Waals surface area contributed by atoms with Gasteiger partial charge >= 0.3 is 5.69 Å². The smallest absolute Gasteiger partial charge is 0.355 e. The molecule has 20 heteroatoms. The van der Waals surface area contributed by atoms with E-state index in [-0.39, 0.29) is 41.8 Å². The quantitative estimate of drug-likeness (QED) is 0.131. The number of pyridine rings is 3. The average molecular weight is 1120 g/mol. The number of amides is 2. The molecule has 416 valence electrons. The van der Waals surface area contributed by atoms with Crippen LogP contribution in [0.4, 0.5) is 16.0 Å². The average Bonchev–Trinajstić information content (AvgIpc) is 4.00. The van der Waals surface area contributed by atoms with Crippen molar-refractivity contribution in [2.45, 2.75) is 86.4 Å². The Kier molecular flexibility index (Phi) is 16.2. The van der Waals surface area contributed by atoms with Crippen molar-refractivity contribution in [2.75, 3.05) is 55.7 Å². The fourth-order valence-corrected chi connectivity index (χ4v) is 11.3. The summed E-state index contributed by atoms with van der Waals surface area (Å²) < 4.78 is 16.3. The van der Waals surface area contributed by atoms with Crippen LogP contribution < -0.4 is 15.5 Å². The third kappa shape index (κ3) is 10.8. The van der Waals surface area contributed by atoms with E-state index in [0.29, 0.717) is 112 Å². The van der Waals surface area contributed by atoms with Crippen LogP contribution in [0.1, 0.15) is 76.8 Å². The Hall–Kier alpha value is -7.80. The molecule has 17 nitrogen and oxygen atoms in total. The number of amidine groups is 1. The lowest BCUT2D eigenvalue weighted by Crippen LogP contribution is -2.58. The van der Waals surface area contributed by atoms with Crippen LogP contribution in [-0.2, 0) is 9.59 Å². The molecule has 0 spiro atoms. The Morgan fingerprint density at radius 3 is 2.27 bits per heavy atom. The Bertz CT molecular complexity index is 3720. The van der Waals surface area contributed by atoms with Gasteiger partial charge in [0.05, 0.1) is 68.1 Å². The minimum absolute atomic E-state index is 0.0376. The van der Waals surface area contributed by atoms with Crippen molar-refractivity contribution in [2.24, 2.45) is 10.4 Å². The monoisotopic (exact) mass is 1120 g/mol. The molecule has 2 N–H and O–H groups in total. The van der Waals surface area contributed by atoms with Crippen LogP contribution >= 0.6 is 23.2 Å². The molecule has 2 fully saturated rings. The Balaban J connectivity index is 0.000000198. The van der Waals surface area contributed by atoms with Gasteiger partial charge in [0.1, 0.15) is 29.1 Å². The highest BCUT2D eigenvalue weighted by molar-refractivity contribution is 6.34. The van der Waals surface area contributed by atoms with E-state index in [9.17, 15) is 23.9 Å². The molecule has 7 aromatic rings. The standard InChI is InChI=1S/C33H35ClN8O2.C27H31ClFN5O2/c1-8-25(43)40-15-21(7)41(16-20(40)6)31-23-13-24(34)29(26-18(4)9-10-22-14-36-39-28(22)26)37-32(23)42(33(44)38-31)30-19(5)11-12-35-27(30)17(2)3;1-6-23(36)33-12-11-32(14-18(33)15-35)25-20-13-21(28)24(19-9-7-8-10-22(19)29)31-26(20)34(17(2)30-25)16-27(3,4)5/h8-14,17,20-21H,1,15-16H2,2-7H3,(H,36,39);6-10,13,18,35H,1-2,11-12,14-16H2,3-5H3/t;18-/m.1/s1. The van der Waals surface area contributed by atoms with Crippen LogP contribution in [0.25, 0.3) is 50.1 Å². The van der Waals surface area contributed by atoms with E-state index in [2.05, 4.69) is 65.6 Å². The summed E-state index contributed by atoms with van der Waals surface area (Å²) in [6, 6.07) is 15.2. The maximum absolute atomic E-state index is 14.7. The lowest BCUT2D eigenvalue weighted by Gasteiger charge is -2.44. The zero-order valence-electron chi connectivity index (χ0n) is 46.6. The van der Waals surface area contributed by atoms with Crippen molar-refractivity contribution in [3.8, 4) is 28.2 Å². The van der Waals surface area contributed by atoms with Gasteiger partial charge in [0.2, 0.25) is 11.8 Å². The van der Waals surface area contributed by atoms with Gasteiger partial charge < -0.3 is 29.6 Å². The van der Waals surface area contributed by atoms with Crippen LogP contribution in [0, 0.1) is 25.1 Å². The number of hydrogen-bond acceptors (Lipinski definition) is 13. The van der Waals surface area contributed by atoms with Gasteiger partial charge in [0.15, 0.2) is 5.65 Å². The number of nitrogens with zero attached hydrogens (tertiary/aromatic N) is 12. The molecule has 0 saturated carbocycles. The molecule has 3 aliphatic rings. The van der Waals surface area contributed by atoms with Gasteiger partial charge in [-0.05, 0) is 92.6 Å². The van der Waals surface area contributed by atoms with Gasteiger partial charge in [0.25, 0.3) is 0 Å². The molecule has 2 saturated heterocycles. The fourth-order valence-electron chi connectivity index (χ4n) is 10.8. The number of aryl methyl sites for hydroxylation is 2. The zero-order valence-corrected chi connectivity index (χ0v) is 48.1. The number of carbonyl (C=O) groups excluding carboxylic acids is 2. The largest absolute Gasteiger partial charge is 0.394 e. The van der Waals surface area contributed by atoms with Gasteiger partial charge in [0, 0.05) is 74.1 Å². The van der Waals surface area contributed by atoms with Crippen molar-refractivity contribution in [3.05, 3.63) is 153 Å². The van der Waals surface area contributed by atoms with E-state index in [1.165, 1.54) is 18.2 Å². The first-order valence-corrected chi connectivity index (χ1v) is 27.3. The molecule has 0 bridgehead atoms. The molecular weight excluding hydrogens is 1060 g/mol. The van der Waals surface area contributed by atoms with Crippen molar-refractivity contribution in [1.29, 1.82) is 0 Å².